The molecular weight excluding hydrogens is 367 g/mol. The van der Waals surface area contributed by atoms with Crippen molar-refractivity contribution < 1.29 is 13.9 Å². The van der Waals surface area contributed by atoms with Crippen molar-refractivity contribution in [1.82, 2.24) is 35.1 Å². The number of amides is 2. The second-order valence-electron chi connectivity index (χ2n) is 6.49. The zero-order valence-electron chi connectivity index (χ0n) is 15.3. The largest absolute Gasteiger partial charge is 0.368 e. The molecule has 1 saturated heterocycles. The fraction of sp³-hybridized carbons (Fsp3) is 0.353. The summed E-state index contributed by atoms with van der Waals surface area (Å²) in [5, 5.41) is 16.6. The molecule has 1 aliphatic heterocycles. The second-order valence-corrected chi connectivity index (χ2v) is 6.49. The normalized spacial score (nSPS) is 19.0. The fourth-order valence-electron chi connectivity index (χ4n) is 3.19. The summed E-state index contributed by atoms with van der Waals surface area (Å²) in [6.45, 7) is 2.19. The number of halogens is 1. The number of nitrogens with one attached hydrogen (secondary N) is 2. The minimum atomic E-state index is -0.500. The zero-order chi connectivity index (χ0) is 19.7. The van der Waals surface area contributed by atoms with Crippen molar-refractivity contribution in [2.24, 2.45) is 7.05 Å². The lowest BCUT2D eigenvalue weighted by molar-refractivity contribution is 0.0913. The zero-order valence-corrected chi connectivity index (χ0v) is 15.3. The maximum atomic E-state index is 14.2. The van der Waals surface area contributed by atoms with Crippen molar-refractivity contribution in [3.63, 3.8) is 0 Å². The Morgan fingerprint density at radius 2 is 2.25 bits per heavy atom. The summed E-state index contributed by atoms with van der Waals surface area (Å²) in [5.74, 6) is 0.683. The van der Waals surface area contributed by atoms with E-state index in [1.165, 1.54) is 22.9 Å². The van der Waals surface area contributed by atoms with Gasteiger partial charge in [0.05, 0.1) is 6.04 Å². The van der Waals surface area contributed by atoms with Gasteiger partial charge in [0.2, 0.25) is 0 Å². The van der Waals surface area contributed by atoms with Crippen LogP contribution in [0.1, 0.15) is 24.2 Å². The molecule has 11 heteroatoms. The molecule has 3 aromatic rings. The first-order valence-electron chi connectivity index (χ1n) is 8.74. The third-order valence-electron chi connectivity index (χ3n) is 4.58. The number of anilines is 1. The number of hydrogen-bond donors (Lipinski definition) is 2. The Balaban J connectivity index is 1.47. The standard InChI is InChI=1S/C17H19FN8O2/c1-10-22-23-24-26(10)14-9-11(3-4-12(14)18)20-17(27)21-13-5-8-28-15(13)16-19-6-7-25(16)2/h3-4,6-7,9,13,15H,5,8H2,1-2H3,(H2,20,21,27)/t13-,15-/m1/s1. The summed E-state index contributed by atoms with van der Waals surface area (Å²) < 4.78 is 23.0. The van der Waals surface area contributed by atoms with Crippen LogP contribution in [0.25, 0.3) is 5.69 Å². The average Bonchev–Trinajstić information content (AvgIpc) is 3.38. The van der Waals surface area contributed by atoms with Crippen LogP contribution in [0.4, 0.5) is 14.9 Å². The van der Waals surface area contributed by atoms with E-state index in [-0.39, 0.29) is 17.8 Å². The predicted molar refractivity (Wildman–Crippen MR) is 96.3 cm³/mol. The lowest BCUT2D eigenvalue weighted by atomic mass is 10.1. The van der Waals surface area contributed by atoms with Crippen LogP contribution in [0, 0.1) is 12.7 Å². The number of rotatable bonds is 4. The molecule has 3 heterocycles. The van der Waals surface area contributed by atoms with Gasteiger partial charge in [-0.15, -0.1) is 5.10 Å². The van der Waals surface area contributed by atoms with E-state index in [0.29, 0.717) is 24.5 Å². The van der Waals surface area contributed by atoms with Gasteiger partial charge < -0.3 is 19.9 Å². The highest BCUT2D eigenvalue weighted by Gasteiger charge is 2.33. The number of benzene rings is 1. The predicted octanol–water partition coefficient (Wildman–Crippen LogP) is 1.50. The molecule has 1 aromatic carbocycles. The molecule has 146 valence electrons. The van der Waals surface area contributed by atoms with Crippen molar-refractivity contribution in [3.8, 4) is 5.69 Å². The highest BCUT2D eigenvalue weighted by molar-refractivity contribution is 5.89. The number of nitrogens with zero attached hydrogens (tertiary/aromatic N) is 6. The van der Waals surface area contributed by atoms with Crippen molar-refractivity contribution in [3.05, 3.63) is 48.1 Å². The average molecular weight is 386 g/mol. The van der Waals surface area contributed by atoms with E-state index in [9.17, 15) is 9.18 Å². The molecule has 2 N–H and O–H groups in total. The molecule has 1 fully saturated rings. The second kappa shape index (κ2) is 7.35. The molecule has 2 atom stereocenters. The third-order valence-corrected chi connectivity index (χ3v) is 4.58. The van der Waals surface area contributed by atoms with Gasteiger partial charge in [0.1, 0.15) is 23.4 Å². The van der Waals surface area contributed by atoms with Crippen LogP contribution in [-0.4, -0.2) is 48.4 Å². The Hall–Kier alpha value is -3.34. The van der Waals surface area contributed by atoms with Gasteiger partial charge in [-0.05, 0) is 42.0 Å². The van der Waals surface area contributed by atoms with Gasteiger partial charge in [0.15, 0.2) is 5.82 Å². The molecule has 10 nitrogen and oxygen atoms in total. The molecule has 0 radical (unpaired) electrons. The summed E-state index contributed by atoms with van der Waals surface area (Å²) in [5.41, 5.74) is 0.562. The molecule has 4 rings (SSSR count). The molecular formula is C17H19FN8O2. The number of hydrogen-bond acceptors (Lipinski definition) is 6. The molecule has 0 aliphatic carbocycles. The number of aromatic nitrogens is 6. The molecule has 1 aliphatic rings. The van der Waals surface area contributed by atoms with Crippen molar-refractivity contribution in [1.29, 1.82) is 0 Å². The Bertz CT molecular complexity index is 1000. The van der Waals surface area contributed by atoms with Crippen LogP contribution in [0.5, 0.6) is 0 Å². The van der Waals surface area contributed by atoms with Crippen LogP contribution in [0.2, 0.25) is 0 Å². The highest BCUT2D eigenvalue weighted by atomic mass is 19.1. The summed E-state index contributed by atoms with van der Waals surface area (Å²) in [7, 11) is 1.88. The van der Waals surface area contributed by atoms with Gasteiger partial charge in [0, 0.05) is 31.7 Å². The minimum Gasteiger partial charge on any atom is -0.368 e. The Morgan fingerprint density at radius 1 is 1.39 bits per heavy atom. The Kier molecular flexibility index (Phi) is 4.74. The summed E-state index contributed by atoms with van der Waals surface area (Å²) in [6, 6.07) is 3.56. The maximum absolute atomic E-state index is 14.2. The van der Waals surface area contributed by atoms with Crippen LogP contribution in [-0.2, 0) is 11.8 Å². The van der Waals surface area contributed by atoms with Gasteiger partial charge in [0.25, 0.3) is 0 Å². The topological polar surface area (TPSA) is 112 Å². The van der Waals surface area contributed by atoms with E-state index in [1.807, 2.05) is 17.8 Å². The number of imidazole rings is 1. The molecule has 2 amide bonds. The quantitative estimate of drug-likeness (QED) is 0.703. The van der Waals surface area contributed by atoms with E-state index >= 15 is 0 Å². The van der Waals surface area contributed by atoms with E-state index < -0.39 is 11.8 Å². The molecule has 0 saturated carbocycles. The van der Waals surface area contributed by atoms with Gasteiger partial charge >= 0.3 is 6.03 Å². The van der Waals surface area contributed by atoms with Crippen LogP contribution >= 0.6 is 0 Å². The van der Waals surface area contributed by atoms with Crippen molar-refractivity contribution >= 4 is 11.7 Å². The minimum absolute atomic E-state index is 0.149. The number of ether oxygens (including phenoxy) is 1. The number of carbonyl (C=O) groups excluding carboxylic acids is 1. The van der Waals surface area contributed by atoms with E-state index in [0.717, 1.165) is 5.82 Å². The third kappa shape index (κ3) is 3.43. The molecule has 0 spiro atoms. The Labute approximate surface area is 159 Å². The van der Waals surface area contributed by atoms with E-state index in [2.05, 4.69) is 31.1 Å². The molecule has 0 unspecified atom stereocenters. The van der Waals surface area contributed by atoms with Gasteiger partial charge in [-0.25, -0.2) is 14.2 Å². The van der Waals surface area contributed by atoms with Crippen LogP contribution in [0.3, 0.4) is 0 Å². The maximum Gasteiger partial charge on any atom is 0.319 e. The van der Waals surface area contributed by atoms with Crippen molar-refractivity contribution in [2.75, 3.05) is 11.9 Å². The first-order valence-corrected chi connectivity index (χ1v) is 8.74. The first kappa shape index (κ1) is 18.0. The lowest BCUT2D eigenvalue weighted by Crippen LogP contribution is -2.40. The van der Waals surface area contributed by atoms with Crippen LogP contribution < -0.4 is 10.6 Å². The van der Waals surface area contributed by atoms with E-state index in [4.69, 9.17) is 4.74 Å². The number of aryl methyl sites for hydroxylation is 2. The Morgan fingerprint density at radius 3 is 2.96 bits per heavy atom. The lowest BCUT2D eigenvalue weighted by Gasteiger charge is -2.20. The summed E-state index contributed by atoms with van der Waals surface area (Å²) in [4.78, 5) is 16.8. The fourth-order valence-corrected chi connectivity index (χ4v) is 3.19. The number of urea groups is 1. The van der Waals surface area contributed by atoms with Gasteiger partial charge in [-0.2, -0.15) is 4.68 Å². The highest BCUT2D eigenvalue weighted by Crippen LogP contribution is 2.28. The number of carbonyl (C=O) groups is 1. The monoisotopic (exact) mass is 386 g/mol. The number of tetrazole rings is 1. The molecule has 0 bridgehead atoms. The SMILES string of the molecule is Cc1nnnn1-c1cc(NC(=O)N[C@@H]2CCO[C@H]2c2nccn2C)ccc1F. The smallest absolute Gasteiger partial charge is 0.319 e. The molecule has 2 aromatic heterocycles. The van der Waals surface area contributed by atoms with Gasteiger partial charge in [-0.1, -0.05) is 0 Å². The first-order chi connectivity index (χ1) is 13.5. The summed E-state index contributed by atoms with van der Waals surface area (Å²) >= 11 is 0. The molecule has 28 heavy (non-hydrogen) atoms. The van der Waals surface area contributed by atoms with Gasteiger partial charge in [-0.3, -0.25) is 0 Å². The summed E-state index contributed by atoms with van der Waals surface area (Å²) in [6.07, 6.45) is 3.87. The van der Waals surface area contributed by atoms with Crippen LogP contribution in [0.15, 0.2) is 30.6 Å². The van der Waals surface area contributed by atoms with E-state index in [1.54, 1.807) is 13.1 Å². The van der Waals surface area contributed by atoms with Crippen molar-refractivity contribution in [2.45, 2.75) is 25.5 Å².